The fourth-order valence-corrected chi connectivity index (χ4v) is 1.71. The van der Waals surface area contributed by atoms with Gasteiger partial charge >= 0.3 is 0 Å². The number of hydrogen-bond donors (Lipinski definition) is 2. The molecular formula is C12H19O2. The van der Waals surface area contributed by atoms with Crippen molar-refractivity contribution in [2.24, 2.45) is 5.92 Å². The molecule has 0 saturated heterocycles. The average molecular weight is 195 g/mol. The molecule has 0 aromatic heterocycles. The third kappa shape index (κ3) is 2.96. The van der Waals surface area contributed by atoms with Gasteiger partial charge in [0.1, 0.15) is 0 Å². The summed E-state index contributed by atoms with van der Waals surface area (Å²) in [6.45, 7) is 7.91. The summed E-state index contributed by atoms with van der Waals surface area (Å²) in [6.07, 6.45) is 4.19. The van der Waals surface area contributed by atoms with E-state index in [4.69, 9.17) is 0 Å². The van der Waals surface area contributed by atoms with Crippen molar-refractivity contribution in [1.29, 1.82) is 0 Å². The number of aliphatic hydroxyl groups excluding tert-OH is 2. The predicted octanol–water partition coefficient (Wildman–Crippen LogP) is 1.84. The van der Waals surface area contributed by atoms with E-state index in [-0.39, 0.29) is 5.92 Å². The molecule has 1 aliphatic rings. The van der Waals surface area contributed by atoms with Gasteiger partial charge in [-0.3, -0.25) is 0 Å². The molecule has 1 rings (SSSR count). The third-order valence-corrected chi connectivity index (χ3v) is 2.59. The molecule has 1 aliphatic carbocycles. The van der Waals surface area contributed by atoms with Crippen LogP contribution in [0.1, 0.15) is 26.7 Å². The smallest absolute Gasteiger partial charge is 0.0775 e. The third-order valence-electron chi connectivity index (χ3n) is 2.59. The summed E-state index contributed by atoms with van der Waals surface area (Å²) in [5.41, 5.74) is 2.04. The normalized spacial score (nSPS) is 32.9. The first kappa shape index (κ1) is 11.5. The Morgan fingerprint density at radius 2 is 2.00 bits per heavy atom. The Morgan fingerprint density at radius 1 is 1.36 bits per heavy atom. The lowest BCUT2D eigenvalue weighted by Crippen LogP contribution is -2.31. The van der Waals surface area contributed by atoms with Gasteiger partial charge in [0.05, 0.1) is 12.2 Å². The predicted molar refractivity (Wildman–Crippen MR) is 57.6 cm³/mol. The number of allylic oxidation sites excluding steroid dienone is 2. The van der Waals surface area contributed by atoms with Gasteiger partial charge in [0.25, 0.3) is 0 Å². The maximum atomic E-state index is 9.58. The van der Waals surface area contributed by atoms with E-state index in [0.717, 1.165) is 5.57 Å². The van der Waals surface area contributed by atoms with Crippen molar-refractivity contribution in [3.63, 3.8) is 0 Å². The van der Waals surface area contributed by atoms with E-state index in [9.17, 15) is 10.2 Å². The molecule has 0 amide bonds. The van der Waals surface area contributed by atoms with E-state index < -0.39 is 12.2 Å². The molecule has 0 bridgehead atoms. The van der Waals surface area contributed by atoms with Crippen LogP contribution in [0.3, 0.4) is 0 Å². The van der Waals surface area contributed by atoms with Crippen LogP contribution in [0, 0.1) is 12.3 Å². The highest BCUT2D eigenvalue weighted by Crippen LogP contribution is 2.31. The minimum atomic E-state index is -0.550. The van der Waals surface area contributed by atoms with Crippen molar-refractivity contribution in [1.82, 2.24) is 0 Å². The fraction of sp³-hybridized carbons (Fsp3) is 0.583. The van der Waals surface area contributed by atoms with Crippen LogP contribution in [-0.4, -0.2) is 22.4 Å². The number of aliphatic hydroxyl groups is 2. The zero-order valence-corrected chi connectivity index (χ0v) is 8.90. The zero-order valence-electron chi connectivity index (χ0n) is 8.90. The molecule has 0 spiro atoms. The average Bonchev–Trinajstić information content (AvgIpc) is 2.08. The van der Waals surface area contributed by atoms with Gasteiger partial charge in [-0.1, -0.05) is 18.2 Å². The number of rotatable bonds is 2. The monoisotopic (exact) mass is 195 g/mol. The molecular weight excluding hydrogens is 176 g/mol. The Morgan fingerprint density at radius 3 is 2.57 bits per heavy atom. The van der Waals surface area contributed by atoms with Gasteiger partial charge in [-0.05, 0) is 38.2 Å². The summed E-state index contributed by atoms with van der Waals surface area (Å²) >= 11 is 0. The van der Waals surface area contributed by atoms with Gasteiger partial charge < -0.3 is 10.2 Å². The van der Waals surface area contributed by atoms with Crippen LogP contribution in [-0.2, 0) is 0 Å². The summed E-state index contributed by atoms with van der Waals surface area (Å²) in [6, 6.07) is 0. The van der Waals surface area contributed by atoms with E-state index >= 15 is 0 Å². The van der Waals surface area contributed by atoms with Crippen LogP contribution < -0.4 is 0 Å². The van der Waals surface area contributed by atoms with Crippen LogP contribution in [0.15, 0.2) is 23.8 Å². The number of hydrogen-bond acceptors (Lipinski definition) is 2. The summed E-state index contributed by atoms with van der Waals surface area (Å²) < 4.78 is 0. The topological polar surface area (TPSA) is 40.5 Å². The van der Waals surface area contributed by atoms with Crippen molar-refractivity contribution in [3.05, 3.63) is 30.2 Å². The van der Waals surface area contributed by atoms with Gasteiger partial charge in [-0.25, -0.2) is 0 Å². The first-order valence-electron chi connectivity index (χ1n) is 5.04. The van der Waals surface area contributed by atoms with Crippen molar-refractivity contribution in [2.45, 2.75) is 38.9 Å². The summed E-state index contributed by atoms with van der Waals surface area (Å²) in [5, 5.41) is 19.1. The maximum absolute atomic E-state index is 9.58. The van der Waals surface area contributed by atoms with Gasteiger partial charge in [-0.2, -0.15) is 0 Å². The lowest BCUT2D eigenvalue weighted by Gasteiger charge is -2.31. The van der Waals surface area contributed by atoms with Crippen LogP contribution in [0.4, 0.5) is 0 Å². The van der Waals surface area contributed by atoms with Crippen molar-refractivity contribution in [3.8, 4) is 0 Å². The van der Waals surface area contributed by atoms with E-state index in [0.29, 0.717) is 12.8 Å². The SMILES string of the molecule is C=C1C(O)CC(O)CC1[CH]C=C(C)C. The van der Waals surface area contributed by atoms with Crippen molar-refractivity contribution in [2.75, 3.05) is 0 Å². The molecule has 1 fully saturated rings. The second-order valence-corrected chi connectivity index (χ2v) is 4.26. The van der Waals surface area contributed by atoms with Crippen LogP contribution in [0.2, 0.25) is 0 Å². The first-order valence-corrected chi connectivity index (χ1v) is 5.04. The maximum Gasteiger partial charge on any atom is 0.0775 e. The fourth-order valence-electron chi connectivity index (χ4n) is 1.71. The minimum Gasteiger partial charge on any atom is -0.393 e. The molecule has 2 nitrogen and oxygen atoms in total. The Hall–Kier alpha value is -0.600. The molecule has 2 heteroatoms. The molecule has 0 aromatic rings. The van der Waals surface area contributed by atoms with Gasteiger partial charge in [-0.15, -0.1) is 0 Å². The van der Waals surface area contributed by atoms with Crippen LogP contribution >= 0.6 is 0 Å². The van der Waals surface area contributed by atoms with Crippen LogP contribution in [0.25, 0.3) is 0 Å². The highest BCUT2D eigenvalue weighted by Gasteiger charge is 2.29. The Balaban J connectivity index is 2.58. The highest BCUT2D eigenvalue weighted by molar-refractivity contribution is 5.20. The lowest BCUT2D eigenvalue weighted by molar-refractivity contribution is 0.0579. The summed E-state index contributed by atoms with van der Waals surface area (Å²) in [5.74, 6) is 0.114. The Bertz CT molecular complexity index is 239. The molecule has 79 valence electrons. The summed E-state index contributed by atoms with van der Waals surface area (Å²) in [4.78, 5) is 0. The minimum absolute atomic E-state index is 0.114. The van der Waals surface area contributed by atoms with E-state index in [1.54, 1.807) is 0 Å². The lowest BCUT2D eigenvalue weighted by atomic mass is 9.79. The van der Waals surface area contributed by atoms with E-state index in [1.807, 2.05) is 26.3 Å². The molecule has 0 aromatic carbocycles. The molecule has 1 saturated carbocycles. The zero-order chi connectivity index (χ0) is 10.7. The molecule has 1 radical (unpaired) electrons. The van der Waals surface area contributed by atoms with Crippen molar-refractivity contribution < 1.29 is 10.2 Å². The van der Waals surface area contributed by atoms with Gasteiger partial charge in [0.15, 0.2) is 0 Å². The summed E-state index contributed by atoms with van der Waals surface area (Å²) in [7, 11) is 0. The molecule has 14 heavy (non-hydrogen) atoms. The second kappa shape index (κ2) is 4.76. The molecule has 2 N–H and O–H groups in total. The van der Waals surface area contributed by atoms with Crippen molar-refractivity contribution >= 4 is 0 Å². The van der Waals surface area contributed by atoms with Gasteiger partial charge in [0, 0.05) is 6.42 Å². The molecule has 3 atom stereocenters. The van der Waals surface area contributed by atoms with E-state index in [1.165, 1.54) is 5.57 Å². The highest BCUT2D eigenvalue weighted by atomic mass is 16.3. The van der Waals surface area contributed by atoms with E-state index in [2.05, 4.69) is 6.58 Å². The molecule has 0 aliphatic heterocycles. The largest absolute Gasteiger partial charge is 0.393 e. The second-order valence-electron chi connectivity index (χ2n) is 4.26. The Labute approximate surface area is 86.0 Å². The quantitative estimate of drug-likeness (QED) is 0.660. The standard InChI is InChI=1S/C12H19O2/c1-8(2)4-5-10-6-11(13)7-12(14)9(10)3/h4-5,10-14H,3,6-7H2,1-2H3. The van der Waals surface area contributed by atoms with Crippen LogP contribution in [0.5, 0.6) is 0 Å². The first-order chi connectivity index (χ1) is 6.50. The molecule has 3 unspecified atom stereocenters. The van der Waals surface area contributed by atoms with Gasteiger partial charge in [0.2, 0.25) is 0 Å². The Kier molecular flexibility index (Phi) is 3.90. The molecule has 0 heterocycles.